The van der Waals surface area contributed by atoms with Crippen molar-refractivity contribution in [3.05, 3.63) is 24.3 Å². The first-order valence-corrected chi connectivity index (χ1v) is 6.96. The molecule has 1 aliphatic rings. The van der Waals surface area contributed by atoms with Crippen LogP contribution in [0.15, 0.2) is 18.6 Å². The Labute approximate surface area is 107 Å². The van der Waals surface area contributed by atoms with Crippen molar-refractivity contribution in [1.29, 1.82) is 0 Å². The summed E-state index contributed by atoms with van der Waals surface area (Å²) in [7, 11) is -0.370. The van der Waals surface area contributed by atoms with Crippen molar-refractivity contribution in [3.8, 4) is 0 Å². The third kappa shape index (κ3) is 2.66. The lowest BCUT2D eigenvalue weighted by atomic mass is 10.2. The van der Waals surface area contributed by atoms with Crippen LogP contribution in [-0.2, 0) is 14.9 Å². The summed E-state index contributed by atoms with van der Waals surface area (Å²) in [4.78, 5) is 8.10. The van der Waals surface area contributed by atoms with Crippen molar-refractivity contribution in [2.24, 2.45) is 0 Å². The molecule has 0 spiro atoms. The Hall–Kier alpha value is -1.09. The molecule has 2 rings (SSSR count). The second kappa shape index (κ2) is 5.27. The average molecular weight is 272 g/mol. The fourth-order valence-corrected chi connectivity index (χ4v) is 2.81. The maximum Gasteiger partial charge on any atom is 0.281 e. The highest BCUT2D eigenvalue weighted by molar-refractivity contribution is 7.86. The van der Waals surface area contributed by atoms with Crippen LogP contribution >= 0.6 is 0 Å². The number of hydrogen-bond acceptors (Lipinski definition) is 5. The van der Waals surface area contributed by atoms with Gasteiger partial charge in [-0.2, -0.15) is 17.0 Å². The third-order valence-corrected chi connectivity index (χ3v) is 4.64. The molecule has 1 saturated heterocycles. The predicted octanol–water partition coefficient (Wildman–Crippen LogP) is -0.344. The number of ether oxygens (including phenoxy) is 1. The van der Waals surface area contributed by atoms with Crippen molar-refractivity contribution in [1.82, 2.24) is 18.6 Å². The Morgan fingerprint density at radius 1 is 1.44 bits per heavy atom. The van der Waals surface area contributed by atoms with Gasteiger partial charge in [0.2, 0.25) is 0 Å². The zero-order valence-corrected chi connectivity index (χ0v) is 11.2. The Balaban J connectivity index is 2.15. The van der Waals surface area contributed by atoms with Gasteiger partial charge in [0.25, 0.3) is 10.2 Å². The van der Waals surface area contributed by atoms with E-state index in [1.165, 1.54) is 22.7 Å². The molecule has 0 amide bonds. The molecule has 0 aromatic carbocycles. The predicted molar refractivity (Wildman–Crippen MR) is 64.9 cm³/mol. The summed E-state index contributed by atoms with van der Waals surface area (Å²) in [5.41, 5.74) is 0.649. The molecule has 8 heteroatoms. The summed E-state index contributed by atoms with van der Waals surface area (Å²) < 4.78 is 32.2. The molecule has 100 valence electrons. The summed E-state index contributed by atoms with van der Waals surface area (Å²) in [6.07, 6.45) is 4.37. The normalized spacial score (nSPS) is 22.3. The van der Waals surface area contributed by atoms with Crippen LogP contribution in [0.4, 0.5) is 0 Å². The highest BCUT2D eigenvalue weighted by Gasteiger charge is 2.32. The fraction of sp³-hybridized carbons (Fsp3) is 0.600. The SMILES string of the molecule is CN(C)S(=O)(=O)N1CCO[C@@H](c2cnccn2)C1. The first-order chi connectivity index (χ1) is 8.51. The Morgan fingerprint density at radius 2 is 2.22 bits per heavy atom. The van der Waals surface area contributed by atoms with Crippen LogP contribution in [0.1, 0.15) is 11.8 Å². The second-order valence-electron chi connectivity index (χ2n) is 4.14. The Kier molecular flexibility index (Phi) is 3.91. The molecular formula is C10H16N4O3S. The van der Waals surface area contributed by atoms with E-state index >= 15 is 0 Å². The zero-order chi connectivity index (χ0) is 13.2. The average Bonchev–Trinajstić information content (AvgIpc) is 2.40. The number of hydrogen-bond donors (Lipinski definition) is 0. The monoisotopic (exact) mass is 272 g/mol. The minimum absolute atomic E-state index is 0.263. The van der Waals surface area contributed by atoms with Gasteiger partial charge in [-0.25, -0.2) is 0 Å². The molecule has 0 unspecified atom stereocenters. The molecular weight excluding hydrogens is 256 g/mol. The van der Waals surface area contributed by atoms with Crippen LogP contribution in [0.2, 0.25) is 0 Å². The lowest BCUT2D eigenvalue weighted by Crippen LogP contribution is -2.47. The number of rotatable bonds is 3. The summed E-state index contributed by atoms with van der Waals surface area (Å²) in [6, 6.07) is 0. The molecule has 1 aromatic heterocycles. The molecule has 0 bridgehead atoms. The van der Waals surface area contributed by atoms with Gasteiger partial charge < -0.3 is 4.74 Å². The van der Waals surface area contributed by atoms with Crippen LogP contribution in [0, 0.1) is 0 Å². The number of aromatic nitrogens is 2. The number of nitrogens with zero attached hydrogens (tertiary/aromatic N) is 4. The van der Waals surface area contributed by atoms with E-state index in [1.807, 2.05) is 0 Å². The van der Waals surface area contributed by atoms with E-state index in [4.69, 9.17) is 4.74 Å². The lowest BCUT2D eigenvalue weighted by Gasteiger charge is -2.33. The molecule has 18 heavy (non-hydrogen) atoms. The minimum Gasteiger partial charge on any atom is -0.369 e. The first kappa shape index (κ1) is 13.3. The molecule has 2 heterocycles. The maximum atomic E-state index is 12.0. The molecule has 1 aromatic rings. The molecule has 1 fully saturated rings. The summed E-state index contributed by atoms with van der Waals surface area (Å²) in [6.45, 7) is 0.977. The van der Waals surface area contributed by atoms with Crippen molar-refractivity contribution >= 4 is 10.2 Å². The van der Waals surface area contributed by atoms with Gasteiger partial charge in [0.1, 0.15) is 6.10 Å². The van der Waals surface area contributed by atoms with Gasteiger partial charge in [0.15, 0.2) is 0 Å². The smallest absolute Gasteiger partial charge is 0.281 e. The van der Waals surface area contributed by atoms with E-state index in [-0.39, 0.29) is 12.6 Å². The summed E-state index contributed by atoms with van der Waals surface area (Å²) in [5.74, 6) is 0. The molecule has 0 radical (unpaired) electrons. The van der Waals surface area contributed by atoms with Gasteiger partial charge in [0, 0.05) is 39.6 Å². The van der Waals surface area contributed by atoms with Gasteiger partial charge in [0.05, 0.1) is 18.5 Å². The van der Waals surface area contributed by atoms with Crippen LogP contribution in [0.25, 0.3) is 0 Å². The largest absolute Gasteiger partial charge is 0.369 e. The quantitative estimate of drug-likeness (QED) is 0.752. The van der Waals surface area contributed by atoms with Crippen LogP contribution in [0.5, 0.6) is 0 Å². The highest BCUT2D eigenvalue weighted by atomic mass is 32.2. The van der Waals surface area contributed by atoms with Crippen LogP contribution in [0.3, 0.4) is 0 Å². The molecule has 7 nitrogen and oxygen atoms in total. The van der Waals surface area contributed by atoms with Crippen molar-refractivity contribution in [2.45, 2.75) is 6.10 Å². The van der Waals surface area contributed by atoms with E-state index in [0.717, 1.165) is 0 Å². The van der Waals surface area contributed by atoms with E-state index in [2.05, 4.69) is 9.97 Å². The summed E-state index contributed by atoms with van der Waals surface area (Å²) >= 11 is 0. The van der Waals surface area contributed by atoms with Crippen molar-refractivity contribution in [3.63, 3.8) is 0 Å². The lowest BCUT2D eigenvalue weighted by molar-refractivity contribution is -0.00643. The van der Waals surface area contributed by atoms with Crippen molar-refractivity contribution < 1.29 is 13.2 Å². The Morgan fingerprint density at radius 3 is 2.83 bits per heavy atom. The van der Waals surface area contributed by atoms with Gasteiger partial charge in [-0.05, 0) is 0 Å². The van der Waals surface area contributed by atoms with Crippen LogP contribution in [-0.4, -0.2) is 60.8 Å². The van der Waals surface area contributed by atoms with E-state index in [9.17, 15) is 8.42 Å². The first-order valence-electron chi connectivity index (χ1n) is 5.57. The second-order valence-corrected chi connectivity index (χ2v) is 6.28. The van der Waals surface area contributed by atoms with Gasteiger partial charge >= 0.3 is 0 Å². The molecule has 0 N–H and O–H groups in total. The van der Waals surface area contributed by atoms with E-state index < -0.39 is 10.2 Å². The van der Waals surface area contributed by atoms with Crippen LogP contribution < -0.4 is 0 Å². The molecule has 1 aliphatic heterocycles. The third-order valence-electron chi connectivity index (χ3n) is 2.73. The molecule has 0 saturated carbocycles. The van der Waals surface area contributed by atoms with E-state index in [0.29, 0.717) is 18.8 Å². The molecule has 0 aliphatic carbocycles. The van der Waals surface area contributed by atoms with Gasteiger partial charge in [-0.1, -0.05) is 0 Å². The highest BCUT2D eigenvalue weighted by Crippen LogP contribution is 2.22. The standard InChI is InChI=1S/C10H16N4O3S/c1-13(2)18(15,16)14-5-6-17-10(8-14)9-7-11-3-4-12-9/h3-4,7,10H,5-6,8H2,1-2H3/t10-/m1/s1. The fourth-order valence-electron chi connectivity index (χ4n) is 1.72. The maximum absolute atomic E-state index is 12.0. The minimum atomic E-state index is -3.40. The summed E-state index contributed by atoms with van der Waals surface area (Å²) in [5, 5.41) is 0. The van der Waals surface area contributed by atoms with Crippen molar-refractivity contribution in [2.75, 3.05) is 33.8 Å². The van der Waals surface area contributed by atoms with Gasteiger partial charge in [-0.3, -0.25) is 9.97 Å². The van der Waals surface area contributed by atoms with E-state index in [1.54, 1.807) is 18.6 Å². The number of morpholine rings is 1. The molecule has 1 atom stereocenters. The topological polar surface area (TPSA) is 75.6 Å². The Bertz CT molecular complexity index is 491. The van der Waals surface area contributed by atoms with Gasteiger partial charge in [-0.15, -0.1) is 0 Å². The zero-order valence-electron chi connectivity index (χ0n) is 10.4.